The zero-order chi connectivity index (χ0) is 17.4. The van der Waals surface area contributed by atoms with Gasteiger partial charge in [0.25, 0.3) is 0 Å². The molecule has 0 radical (unpaired) electrons. The molecular formula is C19H31ClN2O3. The van der Waals surface area contributed by atoms with Crippen LogP contribution in [0.1, 0.15) is 31.7 Å². The van der Waals surface area contributed by atoms with E-state index in [0.717, 1.165) is 36.6 Å². The number of ether oxygens (including phenoxy) is 2. The number of hydrogen-bond acceptors (Lipinski definition) is 4. The van der Waals surface area contributed by atoms with E-state index in [1.807, 2.05) is 18.2 Å². The summed E-state index contributed by atoms with van der Waals surface area (Å²) in [7, 11) is 3.26. The van der Waals surface area contributed by atoms with Gasteiger partial charge < -0.3 is 20.1 Å². The molecule has 1 unspecified atom stereocenters. The molecule has 2 N–H and O–H groups in total. The number of nitrogens with one attached hydrogen (secondary N) is 2. The van der Waals surface area contributed by atoms with Gasteiger partial charge in [0.2, 0.25) is 5.91 Å². The number of carbonyl (C=O) groups excluding carboxylic acids is 1. The van der Waals surface area contributed by atoms with Gasteiger partial charge in [-0.3, -0.25) is 4.79 Å². The molecule has 1 aromatic carbocycles. The number of piperidine rings is 1. The van der Waals surface area contributed by atoms with Crippen LogP contribution in [0.25, 0.3) is 0 Å². The van der Waals surface area contributed by atoms with Crippen LogP contribution in [-0.4, -0.2) is 39.8 Å². The molecule has 1 atom stereocenters. The maximum atomic E-state index is 12.1. The highest BCUT2D eigenvalue weighted by Gasteiger charge is 2.21. The third kappa shape index (κ3) is 6.75. The van der Waals surface area contributed by atoms with Crippen LogP contribution < -0.4 is 20.1 Å². The van der Waals surface area contributed by atoms with Crippen LogP contribution in [0.15, 0.2) is 18.2 Å². The Morgan fingerprint density at radius 3 is 2.56 bits per heavy atom. The molecule has 0 aromatic heterocycles. The van der Waals surface area contributed by atoms with Gasteiger partial charge in [-0.05, 0) is 61.9 Å². The zero-order valence-electron chi connectivity index (χ0n) is 15.5. The fraction of sp³-hybridized carbons (Fsp3) is 0.632. The summed E-state index contributed by atoms with van der Waals surface area (Å²) in [6.45, 7) is 5.00. The summed E-state index contributed by atoms with van der Waals surface area (Å²) in [6.07, 6.45) is 3.77. The predicted octanol–water partition coefficient (Wildman–Crippen LogP) is 2.81. The molecular weight excluding hydrogens is 340 g/mol. The van der Waals surface area contributed by atoms with Gasteiger partial charge in [0.1, 0.15) is 0 Å². The minimum absolute atomic E-state index is 0. The van der Waals surface area contributed by atoms with Gasteiger partial charge in [-0.2, -0.15) is 0 Å². The van der Waals surface area contributed by atoms with Crippen molar-refractivity contribution >= 4 is 18.3 Å². The highest BCUT2D eigenvalue weighted by molar-refractivity contribution is 5.85. The summed E-state index contributed by atoms with van der Waals surface area (Å²) in [5.74, 6) is 2.72. The van der Waals surface area contributed by atoms with E-state index in [2.05, 4.69) is 17.6 Å². The summed E-state index contributed by atoms with van der Waals surface area (Å²) in [6, 6.07) is 5.86. The smallest absolute Gasteiger partial charge is 0.220 e. The van der Waals surface area contributed by atoms with E-state index >= 15 is 0 Å². The number of benzene rings is 1. The number of carbonyl (C=O) groups is 1. The molecule has 1 aromatic rings. The molecule has 1 amide bonds. The molecule has 1 saturated heterocycles. The molecule has 0 spiro atoms. The molecule has 2 rings (SSSR count). The van der Waals surface area contributed by atoms with Crippen molar-refractivity contribution in [1.82, 2.24) is 10.6 Å². The first-order valence-electron chi connectivity index (χ1n) is 8.82. The maximum Gasteiger partial charge on any atom is 0.220 e. The Bertz CT molecular complexity index is 533. The van der Waals surface area contributed by atoms with E-state index in [1.165, 1.54) is 12.8 Å². The van der Waals surface area contributed by atoms with Gasteiger partial charge in [0.15, 0.2) is 11.5 Å². The molecule has 1 fully saturated rings. The summed E-state index contributed by atoms with van der Waals surface area (Å²) in [5.41, 5.74) is 1.12. The van der Waals surface area contributed by atoms with Gasteiger partial charge in [-0.15, -0.1) is 12.4 Å². The number of halogens is 1. The summed E-state index contributed by atoms with van der Waals surface area (Å²) in [4.78, 5) is 12.1. The lowest BCUT2D eigenvalue weighted by Crippen LogP contribution is -2.34. The number of methoxy groups -OCH3 is 2. The van der Waals surface area contributed by atoms with Crippen molar-refractivity contribution in [3.63, 3.8) is 0 Å². The topological polar surface area (TPSA) is 59.6 Å². The van der Waals surface area contributed by atoms with E-state index in [4.69, 9.17) is 9.47 Å². The first kappa shape index (κ1) is 21.6. The number of rotatable bonds is 8. The van der Waals surface area contributed by atoms with E-state index in [0.29, 0.717) is 24.8 Å². The second-order valence-corrected chi connectivity index (χ2v) is 6.56. The first-order chi connectivity index (χ1) is 11.6. The number of hydrogen-bond donors (Lipinski definition) is 2. The average molecular weight is 371 g/mol. The van der Waals surface area contributed by atoms with Crippen LogP contribution in [0, 0.1) is 11.8 Å². The highest BCUT2D eigenvalue weighted by atomic mass is 35.5. The van der Waals surface area contributed by atoms with Crippen LogP contribution in [0.2, 0.25) is 0 Å². The Morgan fingerprint density at radius 2 is 1.92 bits per heavy atom. The molecule has 142 valence electrons. The van der Waals surface area contributed by atoms with Crippen molar-refractivity contribution < 1.29 is 14.3 Å². The molecule has 0 saturated carbocycles. The third-order valence-electron chi connectivity index (χ3n) is 4.88. The van der Waals surface area contributed by atoms with Gasteiger partial charge in [0.05, 0.1) is 14.2 Å². The largest absolute Gasteiger partial charge is 0.493 e. The molecule has 1 aliphatic rings. The lowest BCUT2D eigenvalue weighted by atomic mass is 9.84. The van der Waals surface area contributed by atoms with E-state index in [9.17, 15) is 4.79 Å². The molecule has 1 aliphatic heterocycles. The van der Waals surface area contributed by atoms with Crippen molar-refractivity contribution in [3.05, 3.63) is 23.8 Å². The van der Waals surface area contributed by atoms with Crippen molar-refractivity contribution in [2.75, 3.05) is 33.9 Å². The van der Waals surface area contributed by atoms with Crippen molar-refractivity contribution in [2.45, 2.75) is 32.6 Å². The monoisotopic (exact) mass is 370 g/mol. The Hall–Kier alpha value is -1.46. The minimum Gasteiger partial charge on any atom is -0.493 e. The van der Waals surface area contributed by atoms with Gasteiger partial charge in [-0.1, -0.05) is 13.0 Å². The average Bonchev–Trinajstić information content (AvgIpc) is 2.62. The summed E-state index contributed by atoms with van der Waals surface area (Å²) >= 11 is 0. The first-order valence-corrected chi connectivity index (χ1v) is 8.82. The molecule has 0 aliphatic carbocycles. The normalized spacial score (nSPS) is 15.8. The summed E-state index contributed by atoms with van der Waals surface area (Å²) < 4.78 is 10.5. The molecule has 1 heterocycles. The van der Waals surface area contributed by atoms with Crippen molar-refractivity contribution in [3.8, 4) is 11.5 Å². The van der Waals surface area contributed by atoms with E-state index in [1.54, 1.807) is 14.2 Å². The van der Waals surface area contributed by atoms with E-state index < -0.39 is 0 Å². The lowest BCUT2D eigenvalue weighted by Gasteiger charge is -2.27. The molecule has 0 bridgehead atoms. The number of amides is 1. The Labute approximate surface area is 157 Å². The van der Waals surface area contributed by atoms with Crippen LogP contribution in [0.5, 0.6) is 11.5 Å². The van der Waals surface area contributed by atoms with Crippen LogP contribution in [0.3, 0.4) is 0 Å². The Kier molecular flexibility index (Phi) is 9.68. The van der Waals surface area contributed by atoms with Gasteiger partial charge in [0, 0.05) is 13.0 Å². The molecule has 6 heteroatoms. The van der Waals surface area contributed by atoms with Crippen LogP contribution >= 0.6 is 12.4 Å². The van der Waals surface area contributed by atoms with Gasteiger partial charge in [-0.25, -0.2) is 0 Å². The van der Waals surface area contributed by atoms with E-state index in [-0.39, 0.29) is 18.3 Å². The summed E-state index contributed by atoms with van der Waals surface area (Å²) in [5, 5.41) is 6.41. The third-order valence-corrected chi connectivity index (χ3v) is 4.88. The molecule has 25 heavy (non-hydrogen) atoms. The van der Waals surface area contributed by atoms with Gasteiger partial charge >= 0.3 is 0 Å². The maximum absolute atomic E-state index is 12.1. The molecule has 5 nitrogen and oxygen atoms in total. The zero-order valence-corrected chi connectivity index (χ0v) is 16.3. The Balaban J connectivity index is 0.00000312. The second kappa shape index (κ2) is 11.2. The van der Waals surface area contributed by atoms with Crippen molar-refractivity contribution in [1.29, 1.82) is 0 Å². The Morgan fingerprint density at radius 1 is 1.24 bits per heavy atom. The van der Waals surface area contributed by atoms with Crippen molar-refractivity contribution in [2.24, 2.45) is 11.8 Å². The predicted molar refractivity (Wildman–Crippen MR) is 103 cm³/mol. The fourth-order valence-corrected chi connectivity index (χ4v) is 3.33. The lowest BCUT2D eigenvalue weighted by molar-refractivity contribution is -0.122. The SMILES string of the molecule is COc1ccc(CCNC(=O)CC(C)C2CCNCC2)cc1OC.Cl. The quantitative estimate of drug-likeness (QED) is 0.738. The highest BCUT2D eigenvalue weighted by Crippen LogP contribution is 2.27. The second-order valence-electron chi connectivity index (χ2n) is 6.56. The fourth-order valence-electron chi connectivity index (χ4n) is 3.33. The van der Waals surface area contributed by atoms with Crippen LogP contribution in [0.4, 0.5) is 0 Å². The standard InChI is InChI=1S/C19H30N2O3.ClH/c1-14(16-7-9-20-10-8-16)12-19(22)21-11-6-15-4-5-17(23-2)18(13-15)24-3;/h4-5,13-14,16,20H,6-12H2,1-3H3,(H,21,22);1H. The van der Waals surface area contributed by atoms with Crippen LogP contribution in [-0.2, 0) is 11.2 Å². The minimum atomic E-state index is 0.